The van der Waals surface area contributed by atoms with Crippen molar-refractivity contribution < 1.29 is 26.8 Å². The Hall–Kier alpha value is -3.89. The van der Waals surface area contributed by atoms with Crippen LogP contribution in [0.3, 0.4) is 0 Å². The molecule has 3 aromatic carbocycles. The van der Waals surface area contributed by atoms with Gasteiger partial charge in [-0.25, -0.2) is 12.8 Å². The third-order valence-electron chi connectivity index (χ3n) is 8.14. The number of hydrogen-bond acceptors (Lipinski definition) is 6. The van der Waals surface area contributed by atoms with Crippen molar-refractivity contribution in [2.24, 2.45) is 5.73 Å². The van der Waals surface area contributed by atoms with E-state index in [1.807, 2.05) is 6.07 Å². The number of hydrogen-bond donors (Lipinski definition) is 2. The van der Waals surface area contributed by atoms with Gasteiger partial charge in [0, 0.05) is 36.1 Å². The molecule has 220 valence electrons. The summed E-state index contributed by atoms with van der Waals surface area (Å²) in [7, 11) is -2.04. The van der Waals surface area contributed by atoms with Crippen LogP contribution in [0.15, 0.2) is 65.1 Å². The van der Waals surface area contributed by atoms with E-state index < -0.39 is 10.0 Å². The van der Waals surface area contributed by atoms with Crippen LogP contribution in [0.1, 0.15) is 60.4 Å². The average Bonchev–Trinajstić information content (AvgIpc) is 3.75. The number of ether oxygens (including phenoxy) is 1. The van der Waals surface area contributed by atoms with Gasteiger partial charge in [0.05, 0.1) is 17.5 Å². The van der Waals surface area contributed by atoms with E-state index in [-0.39, 0.29) is 29.7 Å². The fourth-order valence-corrected chi connectivity index (χ4v) is 7.18. The van der Waals surface area contributed by atoms with Gasteiger partial charge in [0.1, 0.15) is 28.7 Å². The quantitative estimate of drug-likeness (QED) is 0.248. The van der Waals surface area contributed by atoms with E-state index in [1.54, 1.807) is 53.8 Å². The average molecular weight is 592 g/mol. The van der Waals surface area contributed by atoms with Gasteiger partial charge in [-0.05, 0) is 105 Å². The van der Waals surface area contributed by atoms with Crippen LogP contribution in [-0.2, 0) is 10.0 Å². The van der Waals surface area contributed by atoms with Crippen molar-refractivity contribution in [1.82, 2.24) is 5.32 Å². The Bertz CT molecular complexity index is 1720. The number of carbonyl (C=O) groups excluding carboxylic acids is 1. The summed E-state index contributed by atoms with van der Waals surface area (Å²) >= 11 is 0. The molecule has 2 aliphatic rings. The molecule has 10 heteroatoms. The van der Waals surface area contributed by atoms with Gasteiger partial charge in [-0.15, -0.1) is 0 Å². The van der Waals surface area contributed by atoms with E-state index in [0.717, 1.165) is 31.2 Å². The van der Waals surface area contributed by atoms with Gasteiger partial charge >= 0.3 is 0 Å². The molecule has 8 nitrogen and oxygen atoms in total. The summed E-state index contributed by atoms with van der Waals surface area (Å²) in [4.78, 5) is 13.2. The van der Waals surface area contributed by atoms with Crippen molar-refractivity contribution in [3.63, 3.8) is 0 Å². The van der Waals surface area contributed by atoms with Crippen molar-refractivity contribution in [3.05, 3.63) is 77.6 Å². The third-order valence-corrected chi connectivity index (χ3v) is 9.35. The molecule has 0 saturated heterocycles. The molecule has 1 amide bonds. The first-order valence-corrected chi connectivity index (χ1v) is 16.1. The number of benzene rings is 3. The number of sulfonamides is 1. The molecular formula is C32H34FN3O5S. The van der Waals surface area contributed by atoms with Crippen molar-refractivity contribution in [3.8, 4) is 22.8 Å². The molecule has 0 radical (unpaired) electrons. The number of amides is 1. The summed E-state index contributed by atoms with van der Waals surface area (Å²) < 4.78 is 53.5. The largest absolute Gasteiger partial charge is 0.457 e. The predicted octanol–water partition coefficient (Wildman–Crippen LogP) is 6.30. The van der Waals surface area contributed by atoms with Gasteiger partial charge in [0.25, 0.3) is 5.91 Å². The fourth-order valence-electron chi connectivity index (χ4n) is 5.91. The summed E-state index contributed by atoms with van der Waals surface area (Å²) in [5.74, 6) is 0.988. The first kappa shape index (κ1) is 28.2. The van der Waals surface area contributed by atoms with Crippen LogP contribution < -0.4 is 20.1 Å². The maximum Gasteiger partial charge on any atom is 0.255 e. The highest BCUT2D eigenvalue weighted by Crippen LogP contribution is 2.49. The molecular weight excluding hydrogens is 557 g/mol. The first-order valence-electron chi connectivity index (χ1n) is 14.2. The maximum absolute atomic E-state index is 13.3. The predicted molar refractivity (Wildman–Crippen MR) is 161 cm³/mol. The smallest absolute Gasteiger partial charge is 0.255 e. The van der Waals surface area contributed by atoms with Gasteiger partial charge in [-0.3, -0.25) is 9.10 Å². The standard InChI is InChI=1S/C32H34FN3O5S/c1-35-32(37)30-27-17-26(19-3-4-19)28(36(42(2,38)39)23-11-9-22(34)10-12-23)18-29(27)41-31(30)20-5-13-24(14-6-20)40-25-15-7-21(33)8-16-25/h5-8,13-19,22-23H,3-4,9-12,34H2,1-2H3,(H,35,37). The number of carbonyl (C=O) groups is 1. The number of halogens is 1. The zero-order valence-corrected chi connectivity index (χ0v) is 24.4. The Labute approximate surface area is 244 Å². The molecule has 0 unspecified atom stereocenters. The Balaban J connectivity index is 1.44. The van der Waals surface area contributed by atoms with Crippen LogP contribution in [-0.4, -0.2) is 39.7 Å². The zero-order valence-electron chi connectivity index (χ0n) is 23.6. The van der Waals surface area contributed by atoms with E-state index in [1.165, 1.54) is 18.4 Å². The molecule has 3 N–H and O–H groups in total. The van der Waals surface area contributed by atoms with Crippen molar-refractivity contribution in [1.29, 1.82) is 0 Å². The monoisotopic (exact) mass is 591 g/mol. The first-order chi connectivity index (χ1) is 20.1. The Kier molecular flexibility index (Phi) is 7.44. The molecule has 0 aliphatic heterocycles. The number of rotatable bonds is 8. The van der Waals surface area contributed by atoms with Crippen LogP contribution in [0.5, 0.6) is 11.5 Å². The van der Waals surface area contributed by atoms with Crippen LogP contribution >= 0.6 is 0 Å². The normalized spacial score (nSPS) is 19.0. The highest BCUT2D eigenvalue weighted by Gasteiger charge is 2.37. The lowest BCUT2D eigenvalue weighted by atomic mass is 9.91. The third kappa shape index (κ3) is 5.61. The summed E-state index contributed by atoms with van der Waals surface area (Å²) in [5, 5.41) is 3.37. The molecule has 0 atom stereocenters. The second-order valence-electron chi connectivity index (χ2n) is 11.3. The maximum atomic E-state index is 13.3. The number of nitrogens with one attached hydrogen (secondary N) is 1. The van der Waals surface area contributed by atoms with E-state index in [0.29, 0.717) is 57.9 Å². The molecule has 2 saturated carbocycles. The Morgan fingerprint density at radius 3 is 2.17 bits per heavy atom. The molecule has 1 heterocycles. The van der Waals surface area contributed by atoms with Crippen LogP contribution in [0, 0.1) is 5.82 Å². The van der Waals surface area contributed by atoms with Crippen molar-refractivity contribution in [2.75, 3.05) is 17.6 Å². The number of anilines is 1. The van der Waals surface area contributed by atoms with E-state index in [9.17, 15) is 17.6 Å². The van der Waals surface area contributed by atoms with Gasteiger partial charge in [-0.1, -0.05) is 0 Å². The summed E-state index contributed by atoms with van der Waals surface area (Å²) in [6.45, 7) is 0. The van der Waals surface area contributed by atoms with Crippen molar-refractivity contribution in [2.45, 2.75) is 56.5 Å². The lowest BCUT2D eigenvalue weighted by Crippen LogP contribution is -2.44. The fraction of sp³-hybridized carbons (Fsp3) is 0.344. The van der Waals surface area contributed by atoms with Crippen LogP contribution in [0.4, 0.5) is 10.1 Å². The van der Waals surface area contributed by atoms with E-state index in [2.05, 4.69) is 5.32 Å². The topological polar surface area (TPSA) is 115 Å². The molecule has 2 aliphatic carbocycles. The minimum absolute atomic E-state index is 0.0864. The Morgan fingerprint density at radius 1 is 0.976 bits per heavy atom. The van der Waals surface area contributed by atoms with Gasteiger partial charge in [-0.2, -0.15) is 0 Å². The van der Waals surface area contributed by atoms with Crippen LogP contribution in [0.25, 0.3) is 22.3 Å². The molecule has 1 aromatic heterocycles. The molecule has 2 fully saturated rings. The Morgan fingerprint density at radius 2 is 1.60 bits per heavy atom. The van der Waals surface area contributed by atoms with Gasteiger partial charge in [0.2, 0.25) is 10.0 Å². The van der Waals surface area contributed by atoms with E-state index >= 15 is 0 Å². The second kappa shape index (κ2) is 11.1. The van der Waals surface area contributed by atoms with E-state index in [4.69, 9.17) is 14.9 Å². The second-order valence-corrected chi connectivity index (χ2v) is 13.1. The minimum atomic E-state index is -3.60. The summed E-state index contributed by atoms with van der Waals surface area (Å²) in [6, 6.07) is 16.5. The lowest BCUT2D eigenvalue weighted by molar-refractivity contribution is 0.0964. The molecule has 0 bridgehead atoms. The molecule has 6 rings (SSSR count). The summed E-state index contributed by atoms with van der Waals surface area (Å²) in [6.07, 6.45) is 6.09. The zero-order chi connectivity index (χ0) is 29.6. The number of furan rings is 1. The SMILES string of the molecule is CNC(=O)c1c(-c2ccc(Oc3ccc(F)cc3)cc2)oc2cc(N(C3CCC(N)CC3)S(C)(=O)=O)c(C3CC3)cc12. The van der Waals surface area contributed by atoms with Gasteiger partial charge in [0.15, 0.2) is 0 Å². The highest BCUT2D eigenvalue weighted by atomic mass is 32.2. The molecule has 4 aromatic rings. The number of nitrogens with zero attached hydrogens (tertiary/aromatic N) is 1. The van der Waals surface area contributed by atoms with Crippen molar-refractivity contribution >= 4 is 32.6 Å². The summed E-state index contributed by atoms with van der Waals surface area (Å²) in [5.41, 5.74) is 9.17. The lowest BCUT2D eigenvalue weighted by Gasteiger charge is -2.37. The van der Waals surface area contributed by atoms with Crippen LogP contribution in [0.2, 0.25) is 0 Å². The molecule has 0 spiro atoms. The highest BCUT2D eigenvalue weighted by molar-refractivity contribution is 7.92. The number of nitrogens with two attached hydrogens (primary N) is 1. The minimum Gasteiger partial charge on any atom is -0.457 e. The molecule has 42 heavy (non-hydrogen) atoms. The number of fused-ring (bicyclic) bond motifs is 1. The van der Waals surface area contributed by atoms with Gasteiger partial charge < -0.3 is 20.2 Å².